The Morgan fingerprint density at radius 3 is 1.62 bits per heavy atom. The quantitative estimate of drug-likeness (QED) is 0.154. The third kappa shape index (κ3) is 5.46. The van der Waals surface area contributed by atoms with Crippen LogP contribution in [0.1, 0.15) is 0 Å². The molecule has 10 aromatic carbocycles. The summed E-state index contributed by atoms with van der Waals surface area (Å²) in [4.78, 5) is 2.41. The molecule has 0 saturated heterocycles. The fourth-order valence-electron chi connectivity index (χ4n) is 8.65. The van der Waals surface area contributed by atoms with Crippen molar-refractivity contribution in [1.29, 1.82) is 0 Å². The minimum atomic E-state index is 1.10. The molecular weight excluding hydrogens is 695 g/mol. The monoisotopic (exact) mass is 729 g/mol. The fraction of sp³-hybridized carbons (Fsp3) is 0. The van der Waals surface area contributed by atoms with Crippen LogP contribution in [0, 0.1) is 0 Å². The summed E-state index contributed by atoms with van der Waals surface area (Å²) in [5.41, 5.74) is 10.6. The van der Waals surface area contributed by atoms with Gasteiger partial charge in [0.15, 0.2) is 0 Å². The van der Waals surface area contributed by atoms with E-state index >= 15 is 0 Å². The van der Waals surface area contributed by atoms with E-state index in [2.05, 4.69) is 217 Å². The van der Waals surface area contributed by atoms with Crippen LogP contribution < -0.4 is 4.90 Å². The van der Waals surface area contributed by atoms with Gasteiger partial charge in [0.2, 0.25) is 0 Å². The zero-order valence-electron chi connectivity index (χ0n) is 30.6. The maximum Gasteiger partial charge on any atom is 0.0467 e. The zero-order valence-corrected chi connectivity index (χ0v) is 31.4. The van der Waals surface area contributed by atoms with Crippen LogP contribution in [0.2, 0.25) is 0 Å². The Morgan fingerprint density at radius 1 is 0.286 bits per heavy atom. The van der Waals surface area contributed by atoms with Gasteiger partial charge in [0.05, 0.1) is 0 Å². The Hall–Kier alpha value is -7.00. The first-order chi connectivity index (χ1) is 27.8. The number of nitrogens with zero attached hydrogens (tertiary/aromatic N) is 1. The SMILES string of the molecule is c1cc(-c2cccc3ccccc23)cc(N(c2ccc(-c3cccc4sc5ccccc5c34)cc2)c2cccc(-c3cc4ccccc4c4ccccc34)c2)c1. The predicted octanol–water partition coefficient (Wildman–Crippen LogP) is 16.0. The van der Waals surface area contributed by atoms with E-state index in [1.165, 1.54) is 85.9 Å². The molecule has 11 rings (SSSR count). The van der Waals surface area contributed by atoms with Crippen molar-refractivity contribution in [1.82, 2.24) is 0 Å². The van der Waals surface area contributed by atoms with Gasteiger partial charge in [-0.2, -0.15) is 0 Å². The van der Waals surface area contributed by atoms with E-state index in [0.29, 0.717) is 0 Å². The Kier molecular flexibility index (Phi) is 7.75. The van der Waals surface area contributed by atoms with Crippen LogP contribution in [0.25, 0.3) is 85.9 Å². The molecule has 0 amide bonds. The van der Waals surface area contributed by atoms with E-state index in [4.69, 9.17) is 0 Å². The smallest absolute Gasteiger partial charge is 0.0467 e. The van der Waals surface area contributed by atoms with E-state index in [1.807, 2.05) is 11.3 Å². The molecule has 1 aromatic heterocycles. The first-order valence-corrected chi connectivity index (χ1v) is 20.0. The molecule has 0 saturated carbocycles. The van der Waals surface area contributed by atoms with Gasteiger partial charge >= 0.3 is 0 Å². The van der Waals surface area contributed by atoms with Crippen LogP contribution >= 0.6 is 11.3 Å². The average molecular weight is 730 g/mol. The van der Waals surface area contributed by atoms with Crippen molar-refractivity contribution in [3.05, 3.63) is 212 Å². The second-order valence-corrected chi connectivity index (χ2v) is 15.6. The van der Waals surface area contributed by atoms with Crippen LogP contribution in [-0.4, -0.2) is 0 Å². The van der Waals surface area contributed by atoms with Crippen molar-refractivity contribution in [2.45, 2.75) is 0 Å². The lowest BCUT2D eigenvalue weighted by molar-refractivity contribution is 1.28. The Balaban J connectivity index is 1.08. The first-order valence-electron chi connectivity index (χ1n) is 19.2. The molecule has 262 valence electrons. The van der Waals surface area contributed by atoms with Crippen molar-refractivity contribution < 1.29 is 0 Å². The molecule has 1 nitrogen and oxygen atoms in total. The van der Waals surface area contributed by atoms with Crippen molar-refractivity contribution >= 4 is 80.9 Å². The molecule has 0 unspecified atom stereocenters. The summed E-state index contributed by atoms with van der Waals surface area (Å²) in [6.07, 6.45) is 0. The molecule has 0 bridgehead atoms. The minimum Gasteiger partial charge on any atom is -0.310 e. The third-order valence-electron chi connectivity index (χ3n) is 11.2. The highest BCUT2D eigenvalue weighted by atomic mass is 32.1. The Morgan fingerprint density at radius 2 is 0.839 bits per heavy atom. The van der Waals surface area contributed by atoms with Gasteiger partial charge in [-0.1, -0.05) is 158 Å². The van der Waals surface area contributed by atoms with Crippen LogP contribution in [0.4, 0.5) is 17.1 Å². The molecule has 0 spiro atoms. The van der Waals surface area contributed by atoms with Crippen molar-refractivity contribution in [3.63, 3.8) is 0 Å². The molecule has 1 heterocycles. The maximum atomic E-state index is 2.41. The standard InChI is InChI=1S/C54H35NS/c1-3-20-44-36(13-1)15-11-25-45(44)38-16-9-18-42(33-38)55(41-31-29-37(30-32-41)47-26-12-28-53-54(47)50-24-7-8-27-52(50)56-53)43-19-10-17-39(34-43)51-35-40-14-2-4-21-46(40)48-22-5-6-23-49(48)51/h1-35H. The molecule has 0 fully saturated rings. The maximum absolute atomic E-state index is 2.41. The molecule has 56 heavy (non-hydrogen) atoms. The number of hydrogen-bond donors (Lipinski definition) is 0. The van der Waals surface area contributed by atoms with E-state index in [-0.39, 0.29) is 0 Å². The zero-order chi connectivity index (χ0) is 37.0. The molecule has 0 atom stereocenters. The highest BCUT2D eigenvalue weighted by molar-refractivity contribution is 7.25. The van der Waals surface area contributed by atoms with Gasteiger partial charge in [0.25, 0.3) is 0 Å². The highest BCUT2D eigenvalue weighted by Crippen LogP contribution is 2.44. The van der Waals surface area contributed by atoms with Gasteiger partial charge in [-0.05, 0) is 120 Å². The van der Waals surface area contributed by atoms with Gasteiger partial charge in [-0.15, -0.1) is 11.3 Å². The van der Waals surface area contributed by atoms with Crippen molar-refractivity contribution in [2.24, 2.45) is 0 Å². The van der Waals surface area contributed by atoms with Crippen LogP contribution in [0.5, 0.6) is 0 Å². The number of benzene rings is 10. The summed E-state index contributed by atoms with van der Waals surface area (Å²) in [5, 5.41) is 10.2. The van der Waals surface area contributed by atoms with Gasteiger partial charge in [-0.25, -0.2) is 0 Å². The van der Waals surface area contributed by atoms with Gasteiger partial charge < -0.3 is 4.90 Å². The normalized spacial score (nSPS) is 11.6. The lowest BCUT2D eigenvalue weighted by Gasteiger charge is -2.27. The molecule has 11 aromatic rings. The summed E-state index contributed by atoms with van der Waals surface area (Å²) >= 11 is 1.87. The molecule has 0 aliphatic heterocycles. The summed E-state index contributed by atoms with van der Waals surface area (Å²) in [6.45, 7) is 0. The predicted molar refractivity (Wildman–Crippen MR) is 243 cm³/mol. The first kappa shape index (κ1) is 32.4. The van der Waals surface area contributed by atoms with Crippen LogP contribution in [-0.2, 0) is 0 Å². The summed E-state index contributed by atoms with van der Waals surface area (Å²) in [5.74, 6) is 0. The third-order valence-corrected chi connectivity index (χ3v) is 12.4. The van der Waals surface area contributed by atoms with Gasteiger partial charge in [-0.3, -0.25) is 0 Å². The number of rotatable bonds is 6. The highest BCUT2D eigenvalue weighted by Gasteiger charge is 2.18. The summed E-state index contributed by atoms with van der Waals surface area (Å²) in [7, 11) is 0. The minimum absolute atomic E-state index is 1.10. The van der Waals surface area contributed by atoms with Crippen molar-refractivity contribution in [3.8, 4) is 33.4 Å². The Bertz CT molecular complexity index is 3260. The van der Waals surface area contributed by atoms with Crippen LogP contribution in [0.3, 0.4) is 0 Å². The number of hydrogen-bond acceptors (Lipinski definition) is 2. The number of fused-ring (bicyclic) bond motifs is 7. The Labute approximate surface area is 330 Å². The summed E-state index contributed by atoms with van der Waals surface area (Å²) < 4.78 is 2.64. The van der Waals surface area contributed by atoms with E-state index in [0.717, 1.165) is 17.1 Å². The lowest BCUT2D eigenvalue weighted by atomic mass is 9.93. The van der Waals surface area contributed by atoms with E-state index < -0.39 is 0 Å². The average Bonchev–Trinajstić information content (AvgIpc) is 3.66. The molecule has 0 radical (unpaired) electrons. The second kappa shape index (κ2) is 13.4. The molecule has 2 heteroatoms. The molecule has 0 aliphatic carbocycles. The molecular formula is C54H35NS. The fourth-order valence-corrected chi connectivity index (χ4v) is 9.78. The van der Waals surface area contributed by atoms with E-state index in [9.17, 15) is 0 Å². The van der Waals surface area contributed by atoms with Gasteiger partial charge in [0.1, 0.15) is 0 Å². The summed E-state index contributed by atoms with van der Waals surface area (Å²) in [6, 6.07) is 77.8. The second-order valence-electron chi connectivity index (χ2n) is 14.5. The number of thiophene rings is 1. The number of anilines is 3. The molecule has 0 aliphatic rings. The lowest BCUT2D eigenvalue weighted by Crippen LogP contribution is -2.10. The van der Waals surface area contributed by atoms with E-state index in [1.54, 1.807) is 0 Å². The molecule has 0 N–H and O–H groups in total. The van der Waals surface area contributed by atoms with Crippen molar-refractivity contribution in [2.75, 3.05) is 4.90 Å². The van der Waals surface area contributed by atoms with Gasteiger partial charge in [0, 0.05) is 37.2 Å². The largest absolute Gasteiger partial charge is 0.310 e. The van der Waals surface area contributed by atoms with Crippen LogP contribution in [0.15, 0.2) is 212 Å². The topological polar surface area (TPSA) is 3.24 Å².